The lowest BCUT2D eigenvalue weighted by Crippen LogP contribution is -2.36. The van der Waals surface area contributed by atoms with Crippen LogP contribution in [0.1, 0.15) is 20.7 Å². The number of fused-ring (bicyclic) bond motifs is 2. The van der Waals surface area contributed by atoms with Crippen LogP contribution >= 0.6 is 11.6 Å². The number of hydrogen-bond donors (Lipinski definition) is 0. The molecule has 0 saturated carbocycles. The van der Waals surface area contributed by atoms with E-state index in [0.717, 1.165) is 15.8 Å². The molecule has 0 N–H and O–H groups in total. The first-order valence-electron chi connectivity index (χ1n) is 12.1. The Labute approximate surface area is 227 Å². The van der Waals surface area contributed by atoms with Gasteiger partial charge in [-0.25, -0.2) is 9.79 Å². The van der Waals surface area contributed by atoms with Crippen molar-refractivity contribution >= 4 is 46.0 Å². The lowest BCUT2D eigenvalue weighted by molar-refractivity contribution is -0.134. The van der Waals surface area contributed by atoms with Gasteiger partial charge >= 0.3 is 5.97 Å². The second-order valence-electron chi connectivity index (χ2n) is 8.82. The van der Waals surface area contributed by atoms with Crippen LogP contribution in [0.2, 0.25) is 5.02 Å². The Kier molecular flexibility index (Phi) is 6.26. The number of nitrogens with zero attached hydrogens (tertiary/aromatic N) is 2. The zero-order valence-electron chi connectivity index (χ0n) is 20.3. The van der Waals surface area contributed by atoms with Gasteiger partial charge < -0.3 is 9.15 Å². The zero-order chi connectivity index (χ0) is 26.9. The predicted molar refractivity (Wildman–Crippen MR) is 146 cm³/mol. The van der Waals surface area contributed by atoms with Crippen molar-refractivity contribution in [1.82, 2.24) is 4.90 Å². The van der Waals surface area contributed by atoms with Gasteiger partial charge in [0, 0.05) is 22.0 Å². The van der Waals surface area contributed by atoms with E-state index >= 15 is 0 Å². The van der Waals surface area contributed by atoms with Crippen LogP contribution in [0.15, 0.2) is 113 Å². The summed E-state index contributed by atoms with van der Waals surface area (Å²) in [6, 6.07) is 30.0. The van der Waals surface area contributed by atoms with Gasteiger partial charge in [-0.2, -0.15) is 0 Å². The van der Waals surface area contributed by atoms with Gasteiger partial charge in [-0.1, -0.05) is 54.1 Å². The van der Waals surface area contributed by atoms with E-state index in [0.29, 0.717) is 27.4 Å². The fraction of sp³-hybridized carbons (Fsp3) is 0.0323. The smallest absolute Gasteiger partial charge is 0.331 e. The van der Waals surface area contributed by atoms with Crippen LogP contribution in [0.3, 0.4) is 0 Å². The highest BCUT2D eigenvalue weighted by Crippen LogP contribution is 2.26. The van der Waals surface area contributed by atoms with E-state index in [1.165, 1.54) is 0 Å². The van der Waals surface area contributed by atoms with Gasteiger partial charge in [-0.05, 0) is 54.6 Å². The van der Waals surface area contributed by atoms with Gasteiger partial charge in [0.25, 0.3) is 11.8 Å². The molecule has 0 saturated heterocycles. The molecule has 0 unspecified atom stereocenters. The molecule has 0 radical (unpaired) electrons. The number of amides is 2. The Balaban J connectivity index is 1.24. The lowest BCUT2D eigenvalue weighted by atomic mass is 10.1. The minimum absolute atomic E-state index is 0.261. The Hall–Kier alpha value is -5.01. The third-order valence-corrected chi connectivity index (χ3v) is 6.48. The molecule has 0 aliphatic carbocycles. The van der Waals surface area contributed by atoms with E-state index in [1.807, 2.05) is 36.4 Å². The van der Waals surface area contributed by atoms with Crippen molar-refractivity contribution in [1.29, 1.82) is 0 Å². The van der Waals surface area contributed by atoms with Crippen LogP contribution < -0.4 is 10.1 Å². The molecule has 0 bridgehead atoms. The number of ether oxygens (including phenoxy) is 1. The maximum absolute atomic E-state index is 12.5. The quantitative estimate of drug-likeness (QED) is 0.152. The second kappa shape index (κ2) is 10.0. The standard InChI is InChI=1S/C31H19ClN2O5/c32-20-10-15-27-25(16-20)26(17-28(39-27)19-6-2-1-3-7-19)33-21-11-13-22(14-12-21)38-29(35)18-34-30(36)23-8-4-5-9-24(23)31(34)37/h1-17H,18H2. The third kappa shape index (κ3) is 4.83. The molecule has 8 heteroatoms. The molecule has 2 heterocycles. The molecule has 1 aliphatic heterocycles. The first kappa shape index (κ1) is 24.3. The van der Waals surface area contributed by atoms with Crippen molar-refractivity contribution in [3.63, 3.8) is 0 Å². The summed E-state index contributed by atoms with van der Waals surface area (Å²) in [5, 5.41) is 1.97. The summed E-state index contributed by atoms with van der Waals surface area (Å²) in [6.45, 7) is -0.485. The summed E-state index contributed by atoms with van der Waals surface area (Å²) in [4.78, 5) is 43.2. The van der Waals surface area contributed by atoms with Crippen molar-refractivity contribution < 1.29 is 23.5 Å². The number of rotatable bonds is 5. The highest BCUT2D eigenvalue weighted by molar-refractivity contribution is 6.31. The van der Waals surface area contributed by atoms with Crippen molar-refractivity contribution in [3.05, 3.63) is 125 Å². The number of benzene rings is 4. The summed E-state index contributed by atoms with van der Waals surface area (Å²) in [5.74, 6) is -0.844. The molecule has 0 atom stereocenters. The third-order valence-electron chi connectivity index (χ3n) is 6.25. The van der Waals surface area contributed by atoms with Crippen molar-refractivity contribution in [2.75, 3.05) is 6.54 Å². The highest BCUT2D eigenvalue weighted by Gasteiger charge is 2.36. The van der Waals surface area contributed by atoms with Crippen LogP contribution in [0.5, 0.6) is 5.75 Å². The number of carbonyl (C=O) groups excluding carboxylic acids is 3. The molecule has 5 aromatic rings. The van der Waals surface area contributed by atoms with Crippen molar-refractivity contribution in [2.24, 2.45) is 4.99 Å². The van der Waals surface area contributed by atoms with E-state index in [-0.39, 0.29) is 16.9 Å². The molecule has 2 amide bonds. The highest BCUT2D eigenvalue weighted by atomic mass is 35.5. The predicted octanol–water partition coefficient (Wildman–Crippen LogP) is 6.19. The number of carbonyl (C=O) groups is 3. The Bertz CT molecular complexity index is 1790. The summed E-state index contributed by atoms with van der Waals surface area (Å²) in [7, 11) is 0. The van der Waals surface area contributed by atoms with Crippen LogP contribution in [0.4, 0.5) is 5.69 Å². The Morgan fingerprint density at radius 2 is 1.49 bits per heavy atom. The number of imide groups is 1. The Morgan fingerprint density at radius 1 is 0.821 bits per heavy atom. The largest absolute Gasteiger partial charge is 0.456 e. The van der Waals surface area contributed by atoms with Crippen molar-refractivity contribution in [2.45, 2.75) is 0 Å². The maximum atomic E-state index is 12.5. The van der Waals surface area contributed by atoms with E-state index < -0.39 is 24.3 Å². The van der Waals surface area contributed by atoms with Gasteiger partial charge in [-0.15, -0.1) is 0 Å². The van der Waals surface area contributed by atoms with Gasteiger partial charge in [0.15, 0.2) is 0 Å². The first-order valence-corrected chi connectivity index (χ1v) is 12.4. The van der Waals surface area contributed by atoms with E-state index in [1.54, 1.807) is 66.7 Å². The number of esters is 1. The zero-order valence-corrected chi connectivity index (χ0v) is 21.1. The van der Waals surface area contributed by atoms with Crippen LogP contribution in [-0.4, -0.2) is 29.2 Å². The number of hydrogen-bond acceptors (Lipinski definition) is 6. The van der Waals surface area contributed by atoms with Gasteiger partial charge in [-0.3, -0.25) is 14.5 Å². The van der Waals surface area contributed by atoms with Crippen LogP contribution in [-0.2, 0) is 4.79 Å². The van der Waals surface area contributed by atoms with Crippen molar-refractivity contribution in [3.8, 4) is 17.1 Å². The van der Waals surface area contributed by atoms with Gasteiger partial charge in [0.05, 0.1) is 22.2 Å². The molecular formula is C31H19ClN2O5. The average Bonchev–Trinajstić information content (AvgIpc) is 3.19. The topological polar surface area (TPSA) is 89.2 Å². The average molecular weight is 535 g/mol. The fourth-order valence-electron chi connectivity index (χ4n) is 4.38. The molecule has 0 spiro atoms. The molecule has 7 nitrogen and oxygen atoms in total. The summed E-state index contributed by atoms with van der Waals surface area (Å²) < 4.78 is 11.5. The minimum Gasteiger partial charge on any atom is -0.456 e. The molecule has 6 rings (SSSR count). The molecule has 190 valence electrons. The number of halogens is 1. The van der Waals surface area contributed by atoms with Gasteiger partial charge in [0.1, 0.15) is 23.6 Å². The first-order chi connectivity index (χ1) is 19.0. The monoisotopic (exact) mass is 534 g/mol. The normalized spacial score (nSPS) is 13.2. The second-order valence-corrected chi connectivity index (χ2v) is 9.26. The lowest BCUT2D eigenvalue weighted by Gasteiger charge is -2.12. The summed E-state index contributed by atoms with van der Waals surface area (Å²) in [6.07, 6.45) is 0. The van der Waals surface area contributed by atoms with Crippen LogP contribution in [0.25, 0.3) is 22.3 Å². The fourth-order valence-corrected chi connectivity index (χ4v) is 4.55. The summed E-state index contributed by atoms with van der Waals surface area (Å²) >= 11 is 6.25. The molecule has 39 heavy (non-hydrogen) atoms. The molecule has 1 aliphatic rings. The molecule has 1 aromatic heterocycles. The van der Waals surface area contributed by atoms with Crippen LogP contribution in [0, 0.1) is 0 Å². The maximum Gasteiger partial charge on any atom is 0.331 e. The summed E-state index contributed by atoms with van der Waals surface area (Å²) in [5.41, 5.74) is 2.71. The van der Waals surface area contributed by atoms with E-state index in [2.05, 4.69) is 0 Å². The molecular weight excluding hydrogens is 516 g/mol. The van der Waals surface area contributed by atoms with E-state index in [4.69, 9.17) is 25.7 Å². The SMILES string of the molecule is O=C(CN1C(=O)c2ccccc2C1=O)Oc1ccc(N=c2cc(-c3ccccc3)oc3ccc(Cl)cc23)cc1. The molecule has 0 fully saturated rings. The van der Waals surface area contributed by atoms with E-state index in [9.17, 15) is 14.4 Å². The minimum atomic E-state index is -0.730. The Morgan fingerprint density at radius 3 is 2.18 bits per heavy atom. The van der Waals surface area contributed by atoms with Gasteiger partial charge in [0.2, 0.25) is 0 Å². The molecule has 4 aromatic carbocycles.